The number of sulfonamides is 1. The van der Waals surface area contributed by atoms with Crippen LogP contribution in [0.2, 0.25) is 0 Å². The number of aromatic nitrogens is 1. The zero-order chi connectivity index (χ0) is 23.7. The molecule has 1 atom stereocenters. The van der Waals surface area contributed by atoms with E-state index in [1.807, 2.05) is 24.3 Å². The summed E-state index contributed by atoms with van der Waals surface area (Å²) in [5, 5.41) is 0.510. The van der Waals surface area contributed by atoms with Gasteiger partial charge in [-0.1, -0.05) is 23.5 Å². The molecule has 1 unspecified atom stereocenters. The number of ether oxygens (including phenoxy) is 1. The van der Waals surface area contributed by atoms with E-state index in [0.29, 0.717) is 29.5 Å². The third-order valence-electron chi connectivity index (χ3n) is 5.83. The van der Waals surface area contributed by atoms with Crippen molar-refractivity contribution in [3.8, 4) is 5.75 Å². The molecule has 2 aromatic heterocycles. The van der Waals surface area contributed by atoms with Crippen molar-refractivity contribution in [2.45, 2.75) is 30.3 Å². The predicted molar refractivity (Wildman–Crippen MR) is 129 cm³/mol. The van der Waals surface area contributed by atoms with Crippen LogP contribution in [0, 0.1) is 0 Å². The van der Waals surface area contributed by atoms with Gasteiger partial charge in [-0.15, -0.1) is 0 Å². The summed E-state index contributed by atoms with van der Waals surface area (Å²) < 4.78 is 39.8. The van der Waals surface area contributed by atoms with Crippen LogP contribution >= 0.6 is 11.3 Å². The number of hydrogen-bond donors (Lipinski definition) is 0. The van der Waals surface area contributed by atoms with E-state index in [2.05, 4.69) is 4.98 Å². The van der Waals surface area contributed by atoms with E-state index >= 15 is 0 Å². The average molecular weight is 498 g/mol. The highest BCUT2D eigenvalue weighted by Crippen LogP contribution is 2.33. The molecule has 0 aliphatic carbocycles. The number of para-hydroxylation sites is 1. The zero-order valence-electron chi connectivity index (χ0n) is 18.5. The molecular weight excluding hydrogens is 474 g/mol. The Hall–Kier alpha value is -3.21. The van der Waals surface area contributed by atoms with Gasteiger partial charge in [0.1, 0.15) is 17.6 Å². The van der Waals surface area contributed by atoms with Crippen LogP contribution in [0.25, 0.3) is 10.2 Å². The standard InChI is InChI=1S/C24H23N3O5S2/c1-31-17-10-12-19(13-11-17)34(29,30)27-14-4-8-21(27)23(28)26(16-18-6-5-15-32-18)24-25-20-7-2-3-9-22(20)33-24/h2-3,5-7,9-13,15,21H,4,8,14,16H2,1H3. The molecule has 1 aliphatic heterocycles. The maximum absolute atomic E-state index is 13.9. The molecule has 1 aliphatic rings. The molecule has 5 rings (SSSR count). The van der Waals surface area contributed by atoms with Gasteiger partial charge in [-0.2, -0.15) is 4.31 Å². The van der Waals surface area contributed by atoms with Crippen molar-refractivity contribution in [3.05, 3.63) is 72.7 Å². The van der Waals surface area contributed by atoms with Gasteiger partial charge in [-0.25, -0.2) is 13.4 Å². The van der Waals surface area contributed by atoms with E-state index in [9.17, 15) is 13.2 Å². The van der Waals surface area contributed by atoms with E-state index in [0.717, 1.165) is 10.2 Å². The number of rotatable bonds is 7. The summed E-state index contributed by atoms with van der Waals surface area (Å²) in [6, 6.07) is 16.6. The second-order valence-electron chi connectivity index (χ2n) is 7.92. The molecule has 0 radical (unpaired) electrons. The first-order valence-corrected chi connectivity index (χ1v) is 13.1. The summed E-state index contributed by atoms with van der Waals surface area (Å²) >= 11 is 1.39. The topological polar surface area (TPSA) is 93.0 Å². The first-order valence-electron chi connectivity index (χ1n) is 10.8. The van der Waals surface area contributed by atoms with Gasteiger partial charge in [-0.05, 0) is 61.4 Å². The van der Waals surface area contributed by atoms with Crippen LogP contribution in [-0.2, 0) is 21.4 Å². The Morgan fingerprint density at radius 2 is 1.97 bits per heavy atom. The molecule has 1 saturated heterocycles. The summed E-state index contributed by atoms with van der Waals surface area (Å²) in [7, 11) is -2.35. The third-order valence-corrected chi connectivity index (χ3v) is 8.81. The molecule has 3 heterocycles. The number of furan rings is 1. The van der Waals surface area contributed by atoms with Crippen LogP contribution in [0.1, 0.15) is 18.6 Å². The van der Waals surface area contributed by atoms with Crippen molar-refractivity contribution in [2.75, 3.05) is 18.6 Å². The highest BCUT2D eigenvalue weighted by molar-refractivity contribution is 7.89. The minimum atomic E-state index is -3.87. The lowest BCUT2D eigenvalue weighted by atomic mass is 10.2. The lowest BCUT2D eigenvalue weighted by Gasteiger charge is -2.28. The number of amides is 1. The predicted octanol–water partition coefficient (Wildman–Crippen LogP) is 4.28. The highest BCUT2D eigenvalue weighted by atomic mass is 32.2. The van der Waals surface area contributed by atoms with E-state index in [4.69, 9.17) is 9.15 Å². The van der Waals surface area contributed by atoms with Gasteiger partial charge in [0.2, 0.25) is 15.9 Å². The number of thiazole rings is 1. The average Bonchev–Trinajstić information content (AvgIpc) is 3.62. The number of carbonyl (C=O) groups is 1. The van der Waals surface area contributed by atoms with E-state index in [1.54, 1.807) is 30.5 Å². The molecule has 8 nitrogen and oxygen atoms in total. The van der Waals surface area contributed by atoms with Crippen molar-refractivity contribution in [3.63, 3.8) is 0 Å². The largest absolute Gasteiger partial charge is 0.497 e. The molecule has 0 spiro atoms. The van der Waals surface area contributed by atoms with Crippen molar-refractivity contribution in [1.29, 1.82) is 0 Å². The molecular formula is C24H23N3O5S2. The Labute approximate surface area is 201 Å². The van der Waals surface area contributed by atoms with Crippen molar-refractivity contribution < 1.29 is 22.4 Å². The van der Waals surface area contributed by atoms with Gasteiger partial charge in [0.05, 0.1) is 35.0 Å². The Morgan fingerprint density at radius 3 is 2.68 bits per heavy atom. The van der Waals surface area contributed by atoms with Gasteiger partial charge in [0.15, 0.2) is 5.13 Å². The molecule has 1 fully saturated rings. The second-order valence-corrected chi connectivity index (χ2v) is 10.8. The minimum absolute atomic E-state index is 0.130. The van der Waals surface area contributed by atoms with Crippen molar-refractivity contribution in [1.82, 2.24) is 9.29 Å². The smallest absolute Gasteiger partial charge is 0.247 e. The van der Waals surface area contributed by atoms with Crippen LogP contribution in [0.3, 0.4) is 0 Å². The minimum Gasteiger partial charge on any atom is -0.497 e. The lowest BCUT2D eigenvalue weighted by molar-refractivity contribution is -0.121. The Kier molecular flexibility index (Phi) is 6.11. The van der Waals surface area contributed by atoms with Crippen molar-refractivity contribution >= 4 is 42.6 Å². The summed E-state index contributed by atoms with van der Waals surface area (Å²) in [6.07, 6.45) is 2.58. The summed E-state index contributed by atoms with van der Waals surface area (Å²) in [5.41, 5.74) is 0.786. The quantitative estimate of drug-likeness (QED) is 0.378. The van der Waals surface area contributed by atoms with Crippen LogP contribution < -0.4 is 9.64 Å². The monoisotopic (exact) mass is 497 g/mol. The van der Waals surface area contributed by atoms with E-state index in [1.165, 1.54) is 39.8 Å². The number of hydrogen-bond acceptors (Lipinski definition) is 7. The number of benzene rings is 2. The highest BCUT2D eigenvalue weighted by Gasteiger charge is 2.42. The fourth-order valence-corrected chi connectivity index (χ4v) is 6.73. The number of anilines is 1. The lowest BCUT2D eigenvalue weighted by Crippen LogP contribution is -2.47. The van der Waals surface area contributed by atoms with Crippen LogP contribution in [0.15, 0.2) is 76.2 Å². The number of fused-ring (bicyclic) bond motifs is 1. The summed E-state index contributed by atoms with van der Waals surface area (Å²) in [4.78, 5) is 20.2. The molecule has 4 aromatic rings. The summed E-state index contributed by atoms with van der Waals surface area (Å²) in [6.45, 7) is 0.442. The molecule has 2 aromatic carbocycles. The fourth-order valence-electron chi connectivity index (χ4n) is 4.11. The SMILES string of the molecule is COc1ccc(S(=O)(=O)N2CCCC2C(=O)N(Cc2ccco2)c2nc3ccccc3s2)cc1. The first-order chi connectivity index (χ1) is 16.5. The Morgan fingerprint density at radius 1 is 1.18 bits per heavy atom. The molecule has 1 amide bonds. The molecule has 10 heteroatoms. The molecule has 34 heavy (non-hydrogen) atoms. The number of carbonyl (C=O) groups excluding carboxylic acids is 1. The number of methoxy groups -OCH3 is 1. The normalized spacial score (nSPS) is 16.7. The van der Waals surface area contributed by atoms with Gasteiger partial charge in [0.25, 0.3) is 0 Å². The second kappa shape index (κ2) is 9.21. The van der Waals surface area contributed by atoms with Gasteiger partial charge in [-0.3, -0.25) is 9.69 Å². The molecule has 0 N–H and O–H groups in total. The maximum atomic E-state index is 13.9. The zero-order valence-corrected chi connectivity index (χ0v) is 20.1. The van der Waals surface area contributed by atoms with Crippen LogP contribution in [0.4, 0.5) is 5.13 Å². The van der Waals surface area contributed by atoms with E-state index < -0.39 is 16.1 Å². The van der Waals surface area contributed by atoms with Crippen LogP contribution in [0.5, 0.6) is 5.75 Å². The number of nitrogens with zero attached hydrogens (tertiary/aromatic N) is 3. The third kappa shape index (κ3) is 4.20. The van der Waals surface area contributed by atoms with E-state index in [-0.39, 0.29) is 23.9 Å². The van der Waals surface area contributed by atoms with Gasteiger partial charge >= 0.3 is 0 Å². The van der Waals surface area contributed by atoms with Crippen molar-refractivity contribution in [2.24, 2.45) is 0 Å². The fraction of sp³-hybridized carbons (Fsp3) is 0.250. The maximum Gasteiger partial charge on any atom is 0.247 e. The Balaban J connectivity index is 1.49. The molecule has 0 saturated carbocycles. The van der Waals surface area contributed by atoms with Gasteiger partial charge in [0, 0.05) is 6.54 Å². The summed E-state index contributed by atoms with van der Waals surface area (Å²) in [5.74, 6) is 0.841. The van der Waals surface area contributed by atoms with Gasteiger partial charge < -0.3 is 9.15 Å². The van der Waals surface area contributed by atoms with Crippen LogP contribution in [-0.4, -0.2) is 43.3 Å². The molecule has 0 bridgehead atoms. The Bertz CT molecular complexity index is 1370. The molecule has 176 valence electrons. The first kappa shape index (κ1) is 22.6.